The molecule has 0 radical (unpaired) electrons. The summed E-state index contributed by atoms with van der Waals surface area (Å²) in [4.78, 5) is 34.6. The highest BCUT2D eigenvalue weighted by atomic mass is 16.7. The maximum Gasteiger partial charge on any atom is 0.332 e. The molecule has 3 aliphatic heterocycles. The van der Waals surface area contributed by atoms with Crippen LogP contribution in [0, 0.1) is 17.8 Å². The second-order valence-electron chi connectivity index (χ2n) is 12.4. The summed E-state index contributed by atoms with van der Waals surface area (Å²) in [5.41, 5.74) is 0. The summed E-state index contributed by atoms with van der Waals surface area (Å²) in [5.74, 6) is -4.91. The Bertz CT molecular complexity index is 1020. The lowest BCUT2D eigenvalue weighted by atomic mass is 9.64. The van der Waals surface area contributed by atoms with Crippen molar-refractivity contribution in [2.45, 2.75) is 124 Å². The van der Waals surface area contributed by atoms with E-state index in [-0.39, 0.29) is 37.5 Å². The molecule has 16 heteroatoms. The third-order valence-corrected chi connectivity index (χ3v) is 9.58. The molecule has 0 spiro atoms. The summed E-state index contributed by atoms with van der Waals surface area (Å²) in [6.45, 7) is -0.648. The number of carboxylic acid groups (broad SMARTS) is 2. The van der Waals surface area contributed by atoms with Gasteiger partial charge in [-0.25, -0.2) is 4.79 Å². The van der Waals surface area contributed by atoms with Crippen molar-refractivity contribution in [1.29, 1.82) is 0 Å². The lowest BCUT2D eigenvalue weighted by Gasteiger charge is -2.55. The van der Waals surface area contributed by atoms with Crippen molar-refractivity contribution in [3.05, 3.63) is 0 Å². The van der Waals surface area contributed by atoms with E-state index in [4.69, 9.17) is 28.8 Å². The number of aliphatic hydroxyl groups excluding tert-OH is 6. The quantitative estimate of drug-likeness (QED) is 0.0747. The highest BCUT2D eigenvalue weighted by molar-refractivity contribution is 5.90. The number of hydrogen-bond donors (Lipinski definition) is 8. The summed E-state index contributed by atoms with van der Waals surface area (Å²) in [6, 6.07) is 0. The van der Waals surface area contributed by atoms with Crippen LogP contribution in [0.5, 0.6) is 0 Å². The van der Waals surface area contributed by atoms with Crippen LogP contribution < -0.4 is 0 Å². The molecule has 244 valence electrons. The van der Waals surface area contributed by atoms with E-state index >= 15 is 0 Å². The fourth-order valence-electron chi connectivity index (χ4n) is 7.53. The molecule has 43 heavy (non-hydrogen) atoms. The molecule has 16 atom stereocenters. The summed E-state index contributed by atoms with van der Waals surface area (Å²) < 4.78 is 27.9. The summed E-state index contributed by atoms with van der Waals surface area (Å²) in [5, 5.41) is 81.8. The topological polar surface area (TPSA) is 263 Å². The second-order valence-corrected chi connectivity index (χ2v) is 12.4. The van der Waals surface area contributed by atoms with Gasteiger partial charge in [0.1, 0.15) is 43.5 Å². The average Bonchev–Trinajstić information content (AvgIpc) is 2.94. The molecule has 16 unspecified atom stereocenters. The monoisotopic (exact) mass is 621 g/mol. The lowest BCUT2D eigenvalue weighted by Crippen LogP contribution is -2.68. The lowest BCUT2D eigenvalue weighted by molar-refractivity contribution is -0.379. The van der Waals surface area contributed by atoms with Gasteiger partial charge >= 0.3 is 17.9 Å². The van der Waals surface area contributed by atoms with Crippen LogP contribution >= 0.6 is 0 Å². The van der Waals surface area contributed by atoms with E-state index in [2.05, 4.69) is 0 Å². The molecule has 3 heterocycles. The Labute approximate surface area is 246 Å². The molecule has 0 aromatic carbocycles. The summed E-state index contributed by atoms with van der Waals surface area (Å²) >= 11 is 0. The zero-order chi connectivity index (χ0) is 31.2. The molecule has 5 fully saturated rings. The Morgan fingerprint density at radius 3 is 2.26 bits per heavy atom. The molecule has 2 saturated carbocycles. The van der Waals surface area contributed by atoms with Gasteiger partial charge < -0.3 is 64.5 Å². The van der Waals surface area contributed by atoms with Crippen molar-refractivity contribution < 1.29 is 78.9 Å². The van der Waals surface area contributed by atoms with Crippen molar-refractivity contribution in [3.8, 4) is 0 Å². The van der Waals surface area contributed by atoms with Gasteiger partial charge in [0.25, 0.3) is 0 Å². The number of ether oxygens (including phenoxy) is 5. The molecule has 9 N–H and O–H groups in total. The molecule has 3 saturated heterocycles. The van der Waals surface area contributed by atoms with Crippen LogP contribution in [-0.2, 0) is 33.3 Å². The van der Waals surface area contributed by atoms with Crippen molar-refractivity contribution in [1.82, 2.24) is 0 Å². The van der Waals surface area contributed by atoms with Gasteiger partial charge in [0.2, 0.25) is 0 Å². The van der Waals surface area contributed by atoms with E-state index in [1.165, 1.54) is 0 Å². The Morgan fingerprint density at radius 1 is 0.837 bits per heavy atom. The Hall–Kier alpha value is -1.99. The fraction of sp³-hybridized carbons (Fsp3) is 0.889. The van der Waals surface area contributed by atoms with Gasteiger partial charge in [0, 0.05) is 24.7 Å². The molecule has 0 amide bonds. The molecular weight excluding hydrogens is 580 g/mol. The van der Waals surface area contributed by atoms with Gasteiger partial charge in [-0.15, -0.1) is 0 Å². The number of aliphatic hydroxyl groups is 8. The zero-order valence-electron chi connectivity index (χ0n) is 23.3. The predicted molar refractivity (Wildman–Crippen MR) is 137 cm³/mol. The normalized spacial score (nSPS) is 48.1. The first-order chi connectivity index (χ1) is 20.3. The van der Waals surface area contributed by atoms with Gasteiger partial charge in [-0.05, 0) is 25.7 Å². The van der Waals surface area contributed by atoms with E-state index in [9.17, 15) is 50.1 Å². The van der Waals surface area contributed by atoms with Gasteiger partial charge in [-0.1, -0.05) is 0 Å². The Morgan fingerprint density at radius 2 is 1.58 bits per heavy atom. The maximum atomic E-state index is 12.1. The second kappa shape index (κ2) is 13.2. The Balaban J connectivity index is 1.42. The largest absolute Gasteiger partial charge is 0.481 e. The molecular formula is C27H41O16+. The molecule has 0 aromatic heterocycles. The minimum absolute atomic E-state index is 0.0158. The molecule has 0 aromatic rings. The molecule has 5 aliphatic rings. The highest BCUT2D eigenvalue weighted by Gasteiger charge is 2.62. The van der Waals surface area contributed by atoms with Crippen molar-refractivity contribution in [2.75, 3.05) is 6.61 Å². The van der Waals surface area contributed by atoms with E-state index < -0.39 is 116 Å². The number of aliphatic carboxylic acids is 2. The third-order valence-electron chi connectivity index (χ3n) is 9.58. The zero-order valence-corrected chi connectivity index (χ0v) is 23.3. The first-order valence-corrected chi connectivity index (χ1v) is 14.7. The van der Waals surface area contributed by atoms with Crippen LogP contribution in [0.25, 0.3) is 0 Å². The van der Waals surface area contributed by atoms with Crippen LogP contribution in [0.3, 0.4) is 0 Å². The number of esters is 1. The molecule has 16 nitrogen and oxygen atoms in total. The fourth-order valence-corrected chi connectivity index (χ4v) is 7.53. The van der Waals surface area contributed by atoms with Crippen LogP contribution in [0.2, 0.25) is 0 Å². The van der Waals surface area contributed by atoms with Crippen LogP contribution in [0.1, 0.15) is 44.9 Å². The number of rotatable bonds is 8. The standard InChI is InChI=1S/C27H40O16/c28-10-4-14-20-11(6-16(40-14)26(37)38)25(24(41-15(20)5-10)9-1-2-12(29)13(30)3-9)43-27-23(36)22(35)21(34)17(42-27)8-39-19(33)7-18(31)32/h9-17,20-25,27-30,34-36H,1-8H2,(H,31,32)(H,37,38)/p+1. The van der Waals surface area contributed by atoms with Gasteiger partial charge in [0.15, 0.2) is 24.6 Å². The van der Waals surface area contributed by atoms with Crippen molar-refractivity contribution in [2.24, 2.45) is 17.8 Å². The molecule has 0 bridgehead atoms. The average molecular weight is 622 g/mol. The van der Waals surface area contributed by atoms with E-state index in [1.54, 1.807) is 0 Å². The van der Waals surface area contributed by atoms with Gasteiger partial charge in [0.05, 0.1) is 30.3 Å². The first kappa shape index (κ1) is 32.4. The first-order valence-electron chi connectivity index (χ1n) is 14.7. The van der Waals surface area contributed by atoms with Crippen LogP contribution in [0.4, 0.5) is 0 Å². The number of carbonyl (C=O) groups is 3. The molecule has 2 aliphatic carbocycles. The predicted octanol–water partition coefficient (Wildman–Crippen LogP) is -3.37. The van der Waals surface area contributed by atoms with Crippen LogP contribution in [-0.4, -0.2) is 150 Å². The number of hydrogen-bond acceptors (Lipinski definition) is 13. The minimum Gasteiger partial charge on any atom is -0.481 e. The SMILES string of the molecule is O=C(O)CC(=O)OCC1OC(OC2C3CC(C(=O)O)OC4CC(O)CC([OH+]C2C2CCC(O)C(O)C2)C43)C(O)C(O)C1O. The van der Waals surface area contributed by atoms with Crippen molar-refractivity contribution in [3.63, 3.8) is 0 Å². The van der Waals surface area contributed by atoms with Gasteiger partial charge in [-0.2, -0.15) is 0 Å². The number of carboxylic acids is 2. The molecule has 5 rings (SSSR count). The van der Waals surface area contributed by atoms with E-state index in [1.807, 2.05) is 0 Å². The summed E-state index contributed by atoms with van der Waals surface area (Å²) in [6.07, 6.45) is -14.4. The van der Waals surface area contributed by atoms with E-state index in [0.29, 0.717) is 12.8 Å². The van der Waals surface area contributed by atoms with E-state index in [0.717, 1.165) is 0 Å². The maximum absolute atomic E-state index is 12.1. The highest BCUT2D eigenvalue weighted by Crippen LogP contribution is 2.50. The van der Waals surface area contributed by atoms with Crippen LogP contribution in [0.15, 0.2) is 0 Å². The van der Waals surface area contributed by atoms with Gasteiger partial charge in [-0.3, -0.25) is 9.59 Å². The number of carbonyl (C=O) groups excluding carboxylic acids is 1. The third kappa shape index (κ3) is 6.83. The van der Waals surface area contributed by atoms with Crippen molar-refractivity contribution >= 4 is 17.9 Å². The summed E-state index contributed by atoms with van der Waals surface area (Å²) in [7, 11) is 0. The minimum atomic E-state index is -1.81. The smallest absolute Gasteiger partial charge is 0.332 e. The Kier molecular flexibility index (Phi) is 9.92.